The van der Waals surface area contributed by atoms with Crippen LogP contribution in [0.5, 0.6) is 0 Å². The van der Waals surface area contributed by atoms with Crippen molar-refractivity contribution in [2.75, 3.05) is 13.1 Å². The topological polar surface area (TPSA) is 71.0 Å². The SMILES string of the molecule is Cc1ncc(CN2CCC[C@@H]([C@@H](NC(=O)C3CCCC3)c3ccccn3)C2)cn1. The standard InChI is InChI=1S/C23H31N5O/c1-17-25-13-18(14-26-17)15-28-12-6-9-20(16-28)22(21-10-4-5-11-24-21)27-23(29)19-7-2-3-8-19/h4-5,10-11,13-14,19-20,22H,2-3,6-9,12,15-16H2,1H3,(H,27,29)/t20-,22-/m1/s1. The second-order valence-corrected chi connectivity index (χ2v) is 8.50. The van der Waals surface area contributed by atoms with Gasteiger partial charge in [0.15, 0.2) is 0 Å². The first-order valence-corrected chi connectivity index (χ1v) is 10.9. The van der Waals surface area contributed by atoms with Gasteiger partial charge in [0.1, 0.15) is 5.82 Å². The predicted octanol–water partition coefficient (Wildman–Crippen LogP) is 3.44. The van der Waals surface area contributed by atoms with E-state index in [1.54, 1.807) is 0 Å². The van der Waals surface area contributed by atoms with E-state index in [0.29, 0.717) is 5.92 Å². The van der Waals surface area contributed by atoms with E-state index in [2.05, 4.69) is 25.2 Å². The van der Waals surface area contributed by atoms with Crippen LogP contribution in [-0.4, -0.2) is 38.8 Å². The van der Waals surface area contributed by atoms with Crippen molar-refractivity contribution in [2.24, 2.45) is 11.8 Å². The van der Waals surface area contributed by atoms with Crippen molar-refractivity contribution in [2.45, 2.75) is 58.0 Å². The number of likely N-dealkylation sites (tertiary alicyclic amines) is 1. The number of amides is 1. The van der Waals surface area contributed by atoms with Crippen LogP contribution >= 0.6 is 0 Å². The molecule has 1 aliphatic carbocycles. The Labute approximate surface area is 173 Å². The van der Waals surface area contributed by atoms with Gasteiger partial charge in [-0.3, -0.25) is 14.7 Å². The summed E-state index contributed by atoms with van der Waals surface area (Å²) < 4.78 is 0. The first-order chi connectivity index (χ1) is 14.2. The van der Waals surface area contributed by atoms with Crippen molar-refractivity contribution < 1.29 is 4.79 Å². The lowest BCUT2D eigenvalue weighted by molar-refractivity contribution is -0.126. The molecule has 1 aliphatic heterocycles. The number of rotatable bonds is 6. The van der Waals surface area contributed by atoms with Crippen LogP contribution in [0.1, 0.15) is 61.6 Å². The number of carbonyl (C=O) groups is 1. The number of hydrogen-bond donors (Lipinski definition) is 1. The number of piperidine rings is 1. The molecule has 1 saturated heterocycles. The molecule has 1 N–H and O–H groups in total. The molecule has 2 atom stereocenters. The summed E-state index contributed by atoms with van der Waals surface area (Å²) in [4.78, 5) is 28.6. The zero-order valence-electron chi connectivity index (χ0n) is 17.3. The Hall–Kier alpha value is -2.34. The first-order valence-electron chi connectivity index (χ1n) is 10.9. The molecule has 2 fully saturated rings. The third-order valence-corrected chi connectivity index (χ3v) is 6.28. The highest BCUT2D eigenvalue weighted by Gasteiger charge is 2.32. The normalized spacial score (nSPS) is 21.8. The minimum Gasteiger partial charge on any atom is -0.347 e. The van der Waals surface area contributed by atoms with Gasteiger partial charge in [0.2, 0.25) is 5.91 Å². The summed E-state index contributed by atoms with van der Waals surface area (Å²) in [5, 5.41) is 3.38. The third kappa shape index (κ3) is 5.18. The Morgan fingerprint density at radius 2 is 1.93 bits per heavy atom. The second kappa shape index (κ2) is 9.44. The van der Waals surface area contributed by atoms with E-state index in [1.807, 2.05) is 43.7 Å². The van der Waals surface area contributed by atoms with Crippen LogP contribution in [0.4, 0.5) is 0 Å². The minimum absolute atomic E-state index is 0.0265. The lowest BCUT2D eigenvalue weighted by atomic mass is 9.87. The summed E-state index contributed by atoms with van der Waals surface area (Å²) in [6, 6.07) is 5.97. The Morgan fingerprint density at radius 3 is 2.66 bits per heavy atom. The number of nitrogens with one attached hydrogen (secondary N) is 1. The van der Waals surface area contributed by atoms with E-state index >= 15 is 0 Å². The van der Waals surface area contributed by atoms with Crippen LogP contribution in [0.15, 0.2) is 36.8 Å². The lowest BCUT2D eigenvalue weighted by Crippen LogP contribution is -2.44. The summed E-state index contributed by atoms with van der Waals surface area (Å²) >= 11 is 0. The van der Waals surface area contributed by atoms with E-state index < -0.39 is 0 Å². The first kappa shape index (κ1) is 20.0. The monoisotopic (exact) mass is 393 g/mol. The van der Waals surface area contributed by atoms with Gasteiger partial charge in [0.25, 0.3) is 0 Å². The van der Waals surface area contributed by atoms with Gasteiger partial charge in [-0.25, -0.2) is 9.97 Å². The predicted molar refractivity (Wildman–Crippen MR) is 112 cm³/mol. The van der Waals surface area contributed by atoms with Crippen molar-refractivity contribution in [3.05, 3.63) is 53.9 Å². The molecule has 2 aromatic heterocycles. The van der Waals surface area contributed by atoms with E-state index in [4.69, 9.17) is 0 Å². The maximum Gasteiger partial charge on any atom is 0.223 e. The van der Waals surface area contributed by atoms with Gasteiger partial charge in [-0.2, -0.15) is 0 Å². The molecule has 0 unspecified atom stereocenters. The smallest absolute Gasteiger partial charge is 0.223 e. The molecule has 0 aromatic carbocycles. The van der Waals surface area contributed by atoms with Gasteiger partial charge in [-0.1, -0.05) is 18.9 Å². The van der Waals surface area contributed by atoms with Gasteiger partial charge >= 0.3 is 0 Å². The number of pyridine rings is 1. The van der Waals surface area contributed by atoms with E-state index in [0.717, 1.165) is 62.4 Å². The van der Waals surface area contributed by atoms with E-state index in [-0.39, 0.29) is 17.9 Å². The molecule has 1 saturated carbocycles. The molecular weight excluding hydrogens is 362 g/mol. The molecule has 2 aromatic rings. The van der Waals surface area contributed by atoms with Crippen LogP contribution < -0.4 is 5.32 Å². The second-order valence-electron chi connectivity index (χ2n) is 8.50. The number of aromatic nitrogens is 3. The Balaban J connectivity index is 1.47. The molecule has 0 bridgehead atoms. The highest BCUT2D eigenvalue weighted by atomic mass is 16.2. The van der Waals surface area contributed by atoms with Gasteiger partial charge < -0.3 is 5.32 Å². The molecule has 2 aliphatic rings. The van der Waals surface area contributed by atoms with Crippen LogP contribution in [0.3, 0.4) is 0 Å². The van der Waals surface area contributed by atoms with Crippen LogP contribution in [0, 0.1) is 18.8 Å². The molecule has 4 rings (SSSR count). The average Bonchev–Trinajstić information content (AvgIpc) is 3.29. The van der Waals surface area contributed by atoms with Crippen molar-refractivity contribution in [3.8, 4) is 0 Å². The average molecular weight is 394 g/mol. The maximum atomic E-state index is 12.9. The molecule has 154 valence electrons. The molecular formula is C23H31N5O. The fourth-order valence-corrected chi connectivity index (χ4v) is 4.72. The maximum absolute atomic E-state index is 12.9. The largest absolute Gasteiger partial charge is 0.347 e. The molecule has 1 amide bonds. The van der Waals surface area contributed by atoms with Crippen molar-refractivity contribution in [1.29, 1.82) is 0 Å². The van der Waals surface area contributed by atoms with Crippen molar-refractivity contribution in [3.63, 3.8) is 0 Å². The minimum atomic E-state index is -0.0265. The highest BCUT2D eigenvalue weighted by molar-refractivity contribution is 5.79. The van der Waals surface area contributed by atoms with E-state index in [1.165, 1.54) is 12.8 Å². The summed E-state index contributed by atoms with van der Waals surface area (Å²) in [5.41, 5.74) is 2.12. The number of carbonyl (C=O) groups excluding carboxylic acids is 1. The summed E-state index contributed by atoms with van der Waals surface area (Å²) in [6.45, 7) is 4.77. The summed E-state index contributed by atoms with van der Waals surface area (Å²) in [6.07, 6.45) is 12.3. The fourth-order valence-electron chi connectivity index (χ4n) is 4.72. The molecule has 6 nitrogen and oxygen atoms in total. The molecule has 3 heterocycles. The lowest BCUT2D eigenvalue weighted by Gasteiger charge is -2.37. The van der Waals surface area contributed by atoms with Gasteiger partial charge in [-0.05, 0) is 57.2 Å². The molecule has 29 heavy (non-hydrogen) atoms. The van der Waals surface area contributed by atoms with Crippen LogP contribution in [-0.2, 0) is 11.3 Å². The Bertz CT molecular complexity index is 789. The molecule has 6 heteroatoms. The molecule has 0 radical (unpaired) electrons. The quantitative estimate of drug-likeness (QED) is 0.814. The van der Waals surface area contributed by atoms with Crippen LogP contribution in [0.25, 0.3) is 0 Å². The zero-order valence-corrected chi connectivity index (χ0v) is 17.3. The van der Waals surface area contributed by atoms with Gasteiger partial charge in [0, 0.05) is 43.2 Å². The summed E-state index contributed by atoms with van der Waals surface area (Å²) in [7, 11) is 0. The van der Waals surface area contributed by atoms with Gasteiger partial charge in [-0.15, -0.1) is 0 Å². The Kier molecular flexibility index (Phi) is 6.49. The number of nitrogens with zero attached hydrogens (tertiary/aromatic N) is 4. The third-order valence-electron chi connectivity index (χ3n) is 6.28. The van der Waals surface area contributed by atoms with Gasteiger partial charge in [0.05, 0.1) is 11.7 Å². The fraction of sp³-hybridized carbons (Fsp3) is 0.565. The number of aryl methyl sites for hydroxylation is 1. The van der Waals surface area contributed by atoms with Crippen molar-refractivity contribution in [1.82, 2.24) is 25.2 Å². The highest BCUT2D eigenvalue weighted by Crippen LogP contribution is 2.31. The van der Waals surface area contributed by atoms with Crippen molar-refractivity contribution >= 4 is 5.91 Å². The zero-order chi connectivity index (χ0) is 20.1. The Morgan fingerprint density at radius 1 is 1.14 bits per heavy atom. The molecule has 0 spiro atoms. The number of hydrogen-bond acceptors (Lipinski definition) is 5. The van der Waals surface area contributed by atoms with E-state index in [9.17, 15) is 4.79 Å². The van der Waals surface area contributed by atoms with Crippen LogP contribution in [0.2, 0.25) is 0 Å². The summed E-state index contributed by atoms with van der Waals surface area (Å²) in [5.74, 6) is 1.54.